The van der Waals surface area contributed by atoms with Gasteiger partial charge in [0.2, 0.25) is 0 Å². The van der Waals surface area contributed by atoms with Crippen LogP contribution in [0.5, 0.6) is 0 Å². The molecule has 0 radical (unpaired) electrons. The van der Waals surface area contributed by atoms with E-state index in [0.29, 0.717) is 0 Å². The van der Waals surface area contributed by atoms with Crippen molar-refractivity contribution in [3.63, 3.8) is 0 Å². The largest absolute Gasteiger partial charge is 0.378 e. The highest BCUT2D eigenvalue weighted by Gasteiger charge is 2.04. The van der Waals surface area contributed by atoms with E-state index in [1.165, 1.54) is 0 Å². The van der Waals surface area contributed by atoms with Crippen LogP contribution in [-0.4, -0.2) is 4.98 Å². The van der Waals surface area contributed by atoms with Crippen LogP contribution in [0.4, 0.5) is 5.69 Å². The lowest BCUT2D eigenvalue weighted by atomic mass is 10.2. The predicted molar refractivity (Wildman–Crippen MR) is 70.4 cm³/mol. The number of hydrogen-bond donors (Lipinski definition) is 1. The number of aromatic nitrogens is 1. The summed E-state index contributed by atoms with van der Waals surface area (Å²) in [4.78, 5) is 4.40. The second-order valence-corrected chi connectivity index (χ2v) is 5.11. The summed E-state index contributed by atoms with van der Waals surface area (Å²) >= 11 is 7.78. The fraction of sp³-hybridized carbons (Fsp3) is 0.250. The Balaban J connectivity index is 2.10. The molecule has 0 saturated carbocycles. The first kappa shape index (κ1) is 11.4. The zero-order valence-corrected chi connectivity index (χ0v) is 10.8. The number of nitrogens with one attached hydrogen (secondary N) is 1. The highest BCUT2D eigenvalue weighted by molar-refractivity contribution is 7.09. The normalized spacial score (nSPS) is 10.4. The molecule has 2 rings (SSSR count). The summed E-state index contributed by atoms with van der Waals surface area (Å²) in [7, 11) is 0. The zero-order chi connectivity index (χ0) is 11.5. The highest BCUT2D eigenvalue weighted by Crippen LogP contribution is 2.25. The minimum atomic E-state index is 0.717. The van der Waals surface area contributed by atoms with E-state index in [1.807, 2.05) is 32.0 Å². The lowest BCUT2D eigenvalue weighted by Gasteiger charge is -2.09. The number of halogens is 1. The van der Waals surface area contributed by atoms with Gasteiger partial charge >= 0.3 is 0 Å². The summed E-state index contributed by atoms with van der Waals surface area (Å²) < 4.78 is 0. The van der Waals surface area contributed by atoms with Crippen molar-refractivity contribution >= 4 is 28.6 Å². The first-order valence-electron chi connectivity index (χ1n) is 5.07. The van der Waals surface area contributed by atoms with E-state index in [9.17, 15) is 0 Å². The second kappa shape index (κ2) is 4.85. The lowest BCUT2D eigenvalue weighted by Crippen LogP contribution is -2.01. The average molecular weight is 253 g/mol. The standard InChI is InChI=1S/C12H13ClN2S/c1-8-4-3-5-11(13)12(8)14-6-10-7-16-9(2)15-10/h3-5,7,14H,6H2,1-2H3. The lowest BCUT2D eigenvalue weighted by molar-refractivity contribution is 1.05. The smallest absolute Gasteiger partial charge is 0.0898 e. The molecule has 16 heavy (non-hydrogen) atoms. The minimum absolute atomic E-state index is 0.717. The molecule has 0 aliphatic heterocycles. The number of thiazole rings is 1. The predicted octanol–water partition coefficient (Wildman–Crippen LogP) is 4.03. The SMILES string of the molecule is Cc1nc(CNc2c(C)cccc2Cl)cs1. The molecule has 0 spiro atoms. The van der Waals surface area contributed by atoms with Crippen molar-refractivity contribution in [1.29, 1.82) is 0 Å². The summed E-state index contributed by atoms with van der Waals surface area (Å²) in [5.41, 5.74) is 3.20. The van der Waals surface area contributed by atoms with Crippen LogP contribution in [-0.2, 0) is 6.54 Å². The molecule has 1 aromatic heterocycles. The number of rotatable bonds is 3. The topological polar surface area (TPSA) is 24.9 Å². The first-order chi connectivity index (χ1) is 7.66. The third-order valence-corrected chi connectivity index (χ3v) is 3.47. The Kier molecular flexibility index (Phi) is 3.46. The maximum absolute atomic E-state index is 6.12. The van der Waals surface area contributed by atoms with Crippen molar-refractivity contribution < 1.29 is 0 Å². The first-order valence-corrected chi connectivity index (χ1v) is 6.32. The fourth-order valence-corrected chi connectivity index (χ4v) is 2.43. The van der Waals surface area contributed by atoms with Crippen molar-refractivity contribution in [2.75, 3.05) is 5.32 Å². The zero-order valence-electron chi connectivity index (χ0n) is 9.25. The van der Waals surface area contributed by atoms with Crippen LogP contribution in [0, 0.1) is 13.8 Å². The molecule has 2 aromatic rings. The number of anilines is 1. The molecule has 0 aliphatic carbocycles. The second-order valence-electron chi connectivity index (χ2n) is 3.64. The van der Waals surface area contributed by atoms with E-state index in [2.05, 4.69) is 15.7 Å². The highest BCUT2D eigenvalue weighted by atomic mass is 35.5. The van der Waals surface area contributed by atoms with Crippen LogP contribution >= 0.6 is 22.9 Å². The molecular formula is C12H13ClN2S. The molecule has 1 heterocycles. The van der Waals surface area contributed by atoms with Gasteiger partial charge in [0.1, 0.15) is 0 Å². The molecule has 1 N–H and O–H groups in total. The maximum Gasteiger partial charge on any atom is 0.0898 e. The van der Waals surface area contributed by atoms with E-state index >= 15 is 0 Å². The molecule has 0 amide bonds. The number of nitrogens with zero attached hydrogens (tertiary/aromatic N) is 1. The van der Waals surface area contributed by atoms with Gasteiger partial charge in [-0.15, -0.1) is 11.3 Å². The van der Waals surface area contributed by atoms with E-state index < -0.39 is 0 Å². The van der Waals surface area contributed by atoms with Crippen molar-refractivity contribution in [3.8, 4) is 0 Å². The molecular weight excluding hydrogens is 240 g/mol. The van der Waals surface area contributed by atoms with Gasteiger partial charge < -0.3 is 5.32 Å². The number of para-hydroxylation sites is 1. The van der Waals surface area contributed by atoms with Crippen LogP contribution in [0.3, 0.4) is 0 Å². The molecule has 0 aliphatic rings. The van der Waals surface area contributed by atoms with E-state index in [4.69, 9.17) is 11.6 Å². The van der Waals surface area contributed by atoms with Crippen LogP contribution in [0.15, 0.2) is 23.6 Å². The van der Waals surface area contributed by atoms with E-state index in [-0.39, 0.29) is 0 Å². The number of aryl methyl sites for hydroxylation is 2. The van der Waals surface area contributed by atoms with Crippen LogP contribution < -0.4 is 5.32 Å². The van der Waals surface area contributed by atoms with Gasteiger partial charge in [-0.2, -0.15) is 0 Å². The third kappa shape index (κ3) is 2.54. The Morgan fingerprint density at radius 3 is 2.81 bits per heavy atom. The van der Waals surface area contributed by atoms with Gasteiger partial charge in [0.15, 0.2) is 0 Å². The van der Waals surface area contributed by atoms with E-state index in [0.717, 1.165) is 33.5 Å². The van der Waals surface area contributed by atoms with E-state index in [1.54, 1.807) is 11.3 Å². The third-order valence-electron chi connectivity index (χ3n) is 2.33. The molecule has 0 saturated heterocycles. The maximum atomic E-state index is 6.12. The molecule has 1 aromatic carbocycles. The molecule has 0 unspecified atom stereocenters. The Bertz CT molecular complexity index is 473. The summed E-state index contributed by atoms with van der Waals surface area (Å²) in [6.45, 7) is 4.77. The molecule has 0 atom stereocenters. The van der Waals surface area contributed by atoms with Crippen molar-refractivity contribution in [2.45, 2.75) is 20.4 Å². The van der Waals surface area contributed by atoms with Crippen LogP contribution in [0.25, 0.3) is 0 Å². The number of benzene rings is 1. The quantitative estimate of drug-likeness (QED) is 0.892. The van der Waals surface area contributed by atoms with Gasteiger partial charge in [0.25, 0.3) is 0 Å². The summed E-state index contributed by atoms with van der Waals surface area (Å²) in [5, 5.41) is 7.23. The van der Waals surface area contributed by atoms with Crippen LogP contribution in [0.2, 0.25) is 5.02 Å². The monoisotopic (exact) mass is 252 g/mol. The van der Waals surface area contributed by atoms with Crippen molar-refractivity contribution in [1.82, 2.24) is 4.98 Å². The van der Waals surface area contributed by atoms with Gasteiger partial charge in [-0.25, -0.2) is 4.98 Å². The molecule has 0 fully saturated rings. The summed E-state index contributed by atoms with van der Waals surface area (Å²) in [6, 6.07) is 5.89. The molecule has 2 nitrogen and oxygen atoms in total. The van der Waals surface area contributed by atoms with Gasteiger partial charge in [-0.1, -0.05) is 23.7 Å². The summed E-state index contributed by atoms with van der Waals surface area (Å²) in [6.07, 6.45) is 0. The van der Waals surface area contributed by atoms with Crippen molar-refractivity contribution in [2.24, 2.45) is 0 Å². The fourth-order valence-electron chi connectivity index (χ4n) is 1.52. The summed E-state index contributed by atoms with van der Waals surface area (Å²) in [5.74, 6) is 0. The Hall–Kier alpha value is -1.06. The van der Waals surface area contributed by atoms with Crippen molar-refractivity contribution in [3.05, 3.63) is 44.9 Å². The van der Waals surface area contributed by atoms with Gasteiger partial charge in [-0.3, -0.25) is 0 Å². The Morgan fingerprint density at radius 1 is 1.38 bits per heavy atom. The average Bonchev–Trinajstić information content (AvgIpc) is 2.63. The molecule has 0 bridgehead atoms. The molecule has 4 heteroatoms. The van der Waals surface area contributed by atoms with Gasteiger partial charge in [-0.05, 0) is 25.5 Å². The molecule has 84 valence electrons. The Morgan fingerprint density at radius 2 is 2.19 bits per heavy atom. The number of hydrogen-bond acceptors (Lipinski definition) is 3. The van der Waals surface area contributed by atoms with Gasteiger partial charge in [0, 0.05) is 5.38 Å². The Labute approximate surface area is 104 Å². The van der Waals surface area contributed by atoms with Crippen LogP contribution in [0.1, 0.15) is 16.3 Å². The minimum Gasteiger partial charge on any atom is -0.378 e. The van der Waals surface area contributed by atoms with Gasteiger partial charge in [0.05, 0.1) is 28.0 Å².